The SMILES string of the molecule is O=C(CC1CCCCN1)N1CCCN2CCCC2C1. The monoisotopic (exact) mass is 265 g/mol. The van der Waals surface area contributed by atoms with E-state index >= 15 is 0 Å². The Balaban J connectivity index is 1.53. The van der Waals surface area contributed by atoms with Gasteiger partial charge in [0.1, 0.15) is 0 Å². The van der Waals surface area contributed by atoms with Crippen LogP contribution in [0.1, 0.15) is 44.9 Å². The summed E-state index contributed by atoms with van der Waals surface area (Å²) < 4.78 is 0. The fraction of sp³-hybridized carbons (Fsp3) is 0.933. The molecule has 0 radical (unpaired) electrons. The van der Waals surface area contributed by atoms with Crippen LogP contribution >= 0.6 is 0 Å². The molecule has 3 rings (SSSR count). The molecule has 2 unspecified atom stereocenters. The van der Waals surface area contributed by atoms with Crippen LogP contribution in [-0.2, 0) is 4.79 Å². The van der Waals surface area contributed by atoms with Gasteiger partial charge >= 0.3 is 0 Å². The average molecular weight is 265 g/mol. The second kappa shape index (κ2) is 6.23. The van der Waals surface area contributed by atoms with Gasteiger partial charge in [-0.15, -0.1) is 0 Å². The summed E-state index contributed by atoms with van der Waals surface area (Å²) in [6, 6.07) is 1.08. The highest BCUT2D eigenvalue weighted by Gasteiger charge is 2.31. The Labute approximate surface area is 116 Å². The molecule has 108 valence electrons. The van der Waals surface area contributed by atoms with Crippen molar-refractivity contribution in [2.75, 3.05) is 32.7 Å². The molecule has 19 heavy (non-hydrogen) atoms. The van der Waals surface area contributed by atoms with Crippen molar-refractivity contribution >= 4 is 5.91 Å². The fourth-order valence-corrected chi connectivity index (χ4v) is 3.87. The molecule has 4 heteroatoms. The summed E-state index contributed by atoms with van der Waals surface area (Å²) in [7, 11) is 0. The highest BCUT2D eigenvalue weighted by atomic mass is 16.2. The quantitative estimate of drug-likeness (QED) is 0.815. The molecule has 2 atom stereocenters. The molecule has 0 aromatic carbocycles. The predicted molar refractivity (Wildman–Crippen MR) is 76.1 cm³/mol. The van der Waals surface area contributed by atoms with E-state index in [1.807, 2.05) is 0 Å². The first kappa shape index (κ1) is 13.4. The lowest BCUT2D eigenvalue weighted by Crippen LogP contribution is -2.43. The maximum Gasteiger partial charge on any atom is 0.224 e. The van der Waals surface area contributed by atoms with Gasteiger partial charge in [0.25, 0.3) is 0 Å². The zero-order valence-electron chi connectivity index (χ0n) is 11.9. The third kappa shape index (κ3) is 3.29. The summed E-state index contributed by atoms with van der Waals surface area (Å²) >= 11 is 0. The molecule has 3 heterocycles. The maximum atomic E-state index is 12.5. The summed E-state index contributed by atoms with van der Waals surface area (Å²) in [6.45, 7) is 5.48. The van der Waals surface area contributed by atoms with Gasteiger partial charge in [-0.1, -0.05) is 6.42 Å². The molecule has 0 aromatic rings. The minimum atomic E-state index is 0.383. The van der Waals surface area contributed by atoms with Crippen LogP contribution in [0.3, 0.4) is 0 Å². The highest BCUT2D eigenvalue weighted by molar-refractivity contribution is 5.77. The molecule has 0 aromatic heterocycles. The Hall–Kier alpha value is -0.610. The molecule has 1 N–H and O–H groups in total. The van der Waals surface area contributed by atoms with Crippen LogP contribution in [0.5, 0.6) is 0 Å². The lowest BCUT2D eigenvalue weighted by molar-refractivity contribution is -0.132. The van der Waals surface area contributed by atoms with Crippen LogP contribution in [0.2, 0.25) is 0 Å². The third-order valence-corrected chi connectivity index (χ3v) is 4.99. The first-order valence-corrected chi connectivity index (χ1v) is 8.08. The van der Waals surface area contributed by atoms with Crippen molar-refractivity contribution in [2.24, 2.45) is 0 Å². The van der Waals surface area contributed by atoms with Crippen LogP contribution in [0, 0.1) is 0 Å². The number of carbonyl (C=O) groups excluding carboxylic acids is 1. The number of amides is 1. The zero-order valence-corrected chi connectivity index (χ0v) is 11.9. The highest BCUT2D eigenvalue weighted by Crippen LogP contribution is 2.22. The maximum absolute atomic E-state index is 12.5. The van der Waals surface area contributed by atoms with Gasteiger partial charge in [-0.2, -0.15) is 0 Å². The zero-order chi connectivity index (χ0) is 13.1. The van der Waals surface area contributed by atoms with E-state index in [0.717, 1.165) is 26.1 Å². The number of nitrogens with one attached hydrogen (secondary N) is 1. The van der Waals surface area contributed by atoms with E-state index in [2.05, 4.69) is 15.1 Å². The Kier molecular flexibility index (Phi) is 4.38. The van der Waals surface area contributed by atoms with Crippen LogP contribution < -0.4 is 5.32 Å². The molecule has 0 bridgehead atoms. The van der Waals surface area contributed by atoms with Crippen LogP contribution in [0.15, 0.2) is 0 Å². The Morgan fingerprint density at radius 2 is 1.95 bits per heavy atom. The number of rotatable bonds is 2. The molecule has 3 aliphatic rings. The Morgan fingerprint density at radius 3 is 2.79 bits per heavy atom. The second-order valence-corrected chi connectivity index (χ2v) is 6.38. The van der Waals surface area contributed by atoms with Crippen molar-refractivity contribution < 1.29 is 4.79 Å². The first-order chi connectivity index (χ1) is 9.33. The summed E-state index contributed by atoms with van der Waals surface area (Å²) in [5.74, 6) is 0.383. The molecular weight excluding hydrogens is 238 g/mol. The standard InChI is InChI=1S/C15H27N3O/c19-15(11-13-5-1-2-7-16-13)18-10-4-9-17-8-3-6-14(17)12-18/h13-14,16H,1-12H2. The van der Waals surface area contributed by atoms with Gasteiger partial charge in [-0.25, -0.2) is 0 Å². The number of piperidine rings is 1. The van der Waals surface area contributed by atoms with Crippen molar-refractivity contribution in [3.63, 3.8) is 0 Å². The largest absolute Gasteiger partial charge is 0.341 e. The van der Waals surface area contributed by atoms with Crippen molar-refractivity contribution in [1.82, 2.24) is 15.1 Å². The van der Waals surface area contributed by atoms with Gasteiger partial charge in [0.15, 0.2) is 0 Å². The number of carbonyl (C=O) groups is 1. The Bertz CT molecular complexity index is 315. The summed E-state index contributed by atoms with van der Waals surface area (Å²) in [6.07, 6.45) is 8.19. The van der Waals surface area contributed by atoms with Crippen LogP contribution in [0.25, 0.3) is 0 Å². The third-order valence-electron chi connectivity index (χ3n) is 4.99. The van der Waals surface area contributed by atoms with Crippen molar-refractivity contribution in [3.05, 3.63) is 0 Å². The van der Waals surface area contributed by atoms with Gasteiger partial charge in [0.05, 0.1) is 0 Å². The van der Waals surface area contributed by atoms with Crippen LogP contribution in [0.4, 0.5) is 0 Å². The van der Waals surface area contributed by atoms with E-state index in [1.165, 1.54) is 45.2 Å². The van der Waals surface area contributed by atoms with Crippen molar-refractivity contribution in [2.45, 2.75) is 57.0 Å². The van der Waals surface area contributed by atoms with Gasteiger partial charge in [0, 0.05) is 38.1 Å². The number of nitrogens with zero attached hydrogens (tertiary/aromatic N) is 2. The fourth-order valence-electron chi connectivity index (χ4n) is 3.87. The van der Waals surface area contributed by atoms with Gasteiger partial charge in [-0.3, -0.25) is 9.69 Å². The van der Waals surface area contributed by atoms with E-state index in [0.29, 0.717) is 24.4 Å². The van der Waals surface area contributed by atoms with E-state index in [1.54, 1.807) is 0 Å². The smallest absolute Gasteiger partial charge is 0.224 e. The lowest BCUT2D eigenvalue weighted by Gasteiger charge is -2.29. The van der Waals surface area contributed by atoms with Gasteiger partial charge < -0.3 is 10.2 Å². The van der Waals surface area contributed by atoms with E-state index in [-0.39, 0.29) is 0 Å². The molecule has 4 nitrogen and oxygen atoms in total. The average Bonchev–Trinajstić information content (AvgIpc) is 2.77. The minimum Gasteiger partial charge on any atom is -0.341 e. The Morgan fingerprint density at radius 1 is 1.05 bits per heavy atom. The second-order valence-electron chi connectivity index (χ2n) is 6.38. The topological polar surface area (TPSA) is 35.6 Å². The molecular formula is C15H27N3O. The summed E-state index contributed by atoms with van der Waals surface area (Å²) in [4.78, 5) is 17.2. The molecule has 1 amide bonds. The van der Waals surface area contributed by atoms with Gasteiger partial charge in [-0.05, 0) is 45.2 Å². The number of hydrogen-bond acceptors (Lipinski definition) is 3. The minimum absolute atomic E-state index is 0.383. The summed E-state index contributed by atoms with van der Waals surface area (Å²) in [5.41, 5.74) is 0. The van der Waals surface area contributed by atoms with Crippen molar-refractivity contribution in [3.8, 4) is 0 Å². The van der Waals surface area contributed by atoms with E-state index in [9.17, 15) is 4.79 Å². The predicted octanol–water partition coefficient (Wildman–Crippen LogP) is 1.22. The van der Waals surface area contributed by atoms with E-state index < -0.39 is 0 Å². The normalized spacial score (nSPS) is 32.9. The van der Waals surface area contributed by atoms with Crippen molar-refractivity contribution in [1.29, 1.82) is 0 Å². The summed E-state index contributed by atoms with van der Waals surface area (Å²) in [5, 5.41) is 3.49. The first-order valence-electron chi connectivity index (χ1n) is 8.08. The molecule has 3 aliphatic heterocycles. The van der Waals surface area contributed by atoms with Gasteiger partial charge in [0.2, 0.25) is 5.91 Å². The molecule has 0 spiro atoms. The lowest BCUT2D eigenvalue weighted by atomic mass is 10.0. The van der Waals surface area contributed by atoms with Crippen LogP contribution in [-0.4, -0.2) is 60.5 Å². The number of hydrogen-bond donors (Lipinski definition) is 1. The molecule has 0 aliphatic carbocycles. The molecule has 3 saturated heterocycles. The molecule has 0 saturated carbocycles. The molecule has 3 fully saturated rings. The van der Waals surface area contributed by atoms with E-state index in [4.69, 9.17) is 0 Å². The number of fused-ring (bicyclic) bond motifs is 1.